The molecule has 0 bridgehead atoms. The van der Waals surface area contributed by atoms with E-state index in [9.17, 15) is 14.0 Å². The molecule has 5 rings (SSSR count). The van der Waals surface area contributed by atoms with Crippen molar-refractivity contribution in [3.8, 4) is 5.75 Å². The smallest absolute Gasteiger partial charge is 0.267 e. The maximum Gasteiger partial charge on any atom is 0.267 e. The summed E-state index contributed by atoms with van der Waals surface area (Å²) in [5, 5.41) is 12.5. The van der Waals surface area contributed by atoms with Gasteiger partial charge >= 0.3 is 0 Å². The molecule has 1 N–H and O–H groups in total. The molecule has 1 aromatic heterocycles. The fraction of sp³-hybridized carbons (Fsp3) is 0.0667. The number of benzene rings is 3. The van der Waals surface area contributed by atoms with E-state index in [1.807, 2.05) is 0 Å². The fourth-order valence-electron chi connectivity index (χ4n) is 3.75. The largest absolute Gasteiger partial charge is 0.483 e. The number of carbonyl (C=O) groups is 2. The number of halogens is 3. The normalized spacial score (nSPS) is 15.2. The Morgan fingerprint density at radius 2 is 1.81 bits per heavy atom. The molecule has 1 aliphatic heterocycles. The number of hydrogen-bond donors (Lipinski definition) is 1. The maximum absolute atomic E-state index is 13.5. The molecule has 1 fully saturated rings. The molecule has 8 nitrogen and oxygen atoms in total. The van der Waals surface area contributed by atoms with E-state index >= 15 is 0 Å². The lowest BCUT2D eigenvalue weighted by molar-refractivity contribution is -0.122. The number of ether oxygens (including phenoxy) is 1. The first kappa shape index (κ1) is 29.1. The zero-order valence-corrected chi connectivity index (χ0v) is 24.0. The molecule has 0 radical (unpaired) electrons. The molecular formula is C30H21Cl2FN4O4S. The van der Waals surface area contributed by atoms with E-state index in [0.29, 0.717) is 42.9 Å². The van der Waals surface area contributed by atoms with Gasteiger partial charge in [0.1, 0.15) is 17.3 Å². The molecular weight excluding hydrogens is 602 g/mol. The van der Waals surface area contributed by atoms with Crippen LogP contribution in [-0.4, -0.2) is 34.7 Å². The van der Waals surface area contributed by atoms with Crippen LogP contribution in [0.5, 0.6) is 5.75 Å². The lowest BCUT2D eigenvalue weighted by atomic mass is 10.2. The van der Waals surface area contributed by atoms with Gasteiger partial charge in [-0.25, -0.2) is 4.39 Å². The monoisotopic (exact) mass is 622 g/mol. The third-order valence-electron chi connectivity index (χ3n) is 5.75. The van der Waals surface area contributed by atoms with E-state index in [1.54, 1.807) is 66.9 Å². The van der Waals surface area contributed by atoms with Gasteiger partial charge in [0.15, 0.2) is 11.8 Å². The van der Waals surface area contributed by atoms with Crippen molar-refractivity contribution in [2.45, 2.75) is 6.54 Å². The Labute approximate surface area is 254 Å². The molecule has 12 heteroatoms. The topological polar surface area (TPSA) is 96.5 Å². The molecule has 2 amide bonds. The van der Waals surface area contributed by atoms with Crippen molar-refractivity contribution in [3.63, 3.8) is 0 Å². The minimum Gasteiger partial charge on any atom is -0.483 e. The summed E-state index contributed by atoms with van der Waals surface area (Å²) < 4.78 is 24.3. The van der Waals surface area contributed by atoms with Gasteiger partial charge in [-0.1, -0.05) is 35.3 Å². The van der Waals surface area contributed by atoms with Crippen molar-refractivity contribution in [1.82, 2.24) is 4.90 Å². The summed E-state index contributed by atoms with van der Waals surface area (Å²) in [6, 6.07) is 20.8. The molecule has 4 aromatic rings. The first-order valence-electron chi connectivity index (χ1n) is 12.4. The lowest BCUT2D eigenvalue weighted by Gasteiger charge is -2.13. The molecule has 0 atom stereocenters. The van der Waals surface area contributed by atoms with Gasteiger partial charge in [0.2, 0.25) is 0 Å². The predicted octanol–water partition coefficient (Wildman–Crippen LogP) is 7.25. The predicted molar refractivity (Wildman–Crippen MR) is 163 cm³/mol. The van der Waals surface area contributed by atoms with E-state index < -0.39 is 11.7 Å². The van der Waals surface area contributed by atoms with Gasteiger partial charge in [-0.05, 0) is 90.1 Å². The highest BCUT2D eigenvalue weighted by molar-refractivity contribution is 8.18. The zero-order valence-electron chi connectivity index (χ0n) is 21.7. The third-order valence-corrected chi connectivity index (χ3v) is 7.23. The lowest BCUT2D eigenvalue weighted by Crippen LogP contribution is -2.28. The summed E-state index contributed by atoms with van der Waals surface area (Å²) in [6.07, 6.45) is 4.70. The summed E-state index contributed by atoms with van der Waals surface area (Å²) in [6.45, 7) is -0.180. The first-order chi connectivity index (χ1) is 20.3. The van der Waals surface area contributed by atoms with E-state index in [1.165, 1.54) is 35.4 Å². The number of furan rings is 1. The molecule has 1 saturated heterocycles. The fourth-order valence-corrected chi connectivity index (χ4v) is 4.98. The molecule has 0 spiro atoms. The van der Waals surface area contributed by atoms with Crippen LogP contribution in [0.25, 0.3) is 6.08 Å². The Morgan fingerprint density at radius 1 is 1.05 bits per heavy atom. The number of rotatable bonds is 9. The zero-order chi connectivity index (χ0) is 29.5. The van der Waals surface area contributed by atoms with E-state index in [2.05, 4.69) is 15.5 Å². The van der Waals surface area contributed by atoms with Crippen molar-refractivity contribution in [1.29, 1.82) is 0 Å². The van der Waals surface area contributed by atoms with Crippen molar-refractivity contribution in [3.05, 3.63) is 123 Å². The number of amidine groups is 1. The van der Waals surface area contributed by atoms with Crippen LogP contribution in [0.4, 0.5) is 10.1 Å². The van der Waals surface area contributed by atoms with Gasteiger partial charge < -0.3 is 14.5 Å². The van der Waals surface area contributed by atoms with Crippen LogP contribution in [0.3, 0.4) is 0 Å². The Bertz CT molecular complexity index is 1670. The number of nitrogens with zero attached hydrogens (tertiary/aromatic N) is 3. The van der Waals surface area contributed by atoms with E-state index in [-0.39, 0.29) is 19.1 Å². The van der Waals surface area contributed by atoms with Crippen LogP contribution in [-0.2, 0) is 16.1 Å². The van der Waals surface area contributed by atoms with Crippen molar-refractivity contribution >= 4 is 69.9 Å². The summed E-state index contributed by atoms with van der Waals surface area (Å²) in [5.74, 6) is -0.278. The van der Waals surface area contributed by atoms with Gasteiger partial charge in [0.25, 0.3) is 11.8 Å². The quantitative estimate of drug-likeness (QED) is 0.120. The van der Waals surface area contributed by atoms with Gasteiger partial charge in [-0.3, -0.25) is 14.5 Å². The SMILES string of the molecule is O=C(COc1ccc(Cl)cc1/C=C1\S/C(=N/N=C\c2ccc(Cl)cc2)N(Cc2ccco2)C1=O)Nc1ccc(F)cc1. The molecule has 3 aromatic carbocycles. The number of carbonyl (C=O) groups excluding carboxylic acids is 2. The second-order valence-electron chi connectivity index (χ2n) is 8.79. The number of anilines is 1. The highest BCUT2D eigenvalue weighted by Crippen LogP contribution is 2.36. The number of nitrogens with one attached hydrogen (secondary N) is 1. The van der Waals surface area contributed by atoms with Crippen LogP contribution in [0.1, 0.15) is 16.9 Å². The number of amides is 2. The second kappa shape index (κ2) is 13.5. The average Bonchev–Trinajstić information content (AvgIpc) is 3.59. The average molecular weight is 623 g/mol. The molecule has 0 unspecified atom stereocenters. The number of hydrogen-bond acceptors (Lipinski definition) is 7. The highest BCUT2D eigenvalue weighted by Gasteiger charge is 2.34. The minimum atomic E-state index is -0.445. The van der Waals surface area contributed by atoms with Crippen LogP contribution >= 0.6 is 35.0 Å². The summed E-state index contributed by atoms with van der Waals surface area (Å²) >= 11 is 13.3. The van der Waals surface area contributed by atoms with Crippen LogP contribution in [0.15, 0.2) is 105 Å². The number of thioether (sulfide) groups is 1. The Morgan fingerprint density at radius 3 is 2.55 bits per heavy atom. The van der Waals surface area contributed by atoms with Gasteiger partial charge in [-0.15, -0.1) is 5.10 Å². The van der Waals surface area contributed by atoms with Crippen LogP contribution in [0.2, 0.25) is 10.0 Å². The van der Waals surface area contributed by atoms with Crippen molar-refractivity contribution in [2.24, 2.45) is 10.2 Å². The first-order valence-corrected chi connectivity index (χ1v) is 14.0. The Hall–Kier alpha value is -4.38. The van der Waals surface area contributed by atoms with E-state index in [0.717, 1.165) is 17.3 Å². The second-order valence-corrected chi connectivity index (χ2v) is 10.7. The maximum atomic E-state index is 13.5. The molecule has 42 heavy (non-hydrogen) atoms. The van der Waals surface area contributed by atoms with E-state index in [4.69, 9.17) is 32.4 Å². The van der Waals surface area contributed by atoms with Crippen molar-refractivity contribution in [2.75, 3.05) is 11.9 Å². The Kier molecular flexibility index (Phi) is 9.38. The highest BCUT2D eigenvalue weighted by atomic mass is 35.5. The van der Waals surface area contributed by atoms with Gasteiger partial charge in [0.05, 0.1) is 23.9 Å². The van der Waals surface area contributed by atoms with Crippen LogP contribution < -0.4 is 10.1 Å². The van der Waals surface area contributed by atoms with Crippen molar-refractivity contribution < 1.29 is 23.1 Å². The summed E-state index contributed by atoms with van der Waals surface area (Å²) in [5.41, 5.74) is 1.70. The van der Waals surface area contributed by atoms with Gasteiger partial charge in [0, 0.05) is 21.3 Å². The summed E-state index contributed by atoms with van der Waals surface area (Å²) in [7, 11) is 0. The minimum absolute atomic E-state index is 0.147. The van der Waals surface area contributed by atoms with Crippen LogP contribution in [0, 0.1) is 5.82 Å². The molecule has 1 aliphatic rings. The summed E-state index contributed by atoms with van der Waals surface area (Å²) in [4.78, 5) is 27.7. The molecule has 2 heterocycles. The standard InChI is InChI=1S/C30H21Cl2FN4O4S/c31-21-5-3-19(4-6-21)16-34-36-30-37(17-25-2-1-13-40-25)29(39)27(42-30)15-20-14-22(32)7-12-26(20)41-18-28(38)35-24-10-8-23(33)9-11-24/h1-16H,17-18H2,(H,35,38)/b27-15-,34-16-,36-30+. The molecule has 0 saturated carbocycles. The molecule has 212 valence electrons. The Balaban J connectivity index is 1.36. The van der Waals surface area contributed by atoms with Gasteiger partial charge in [-0.2, -0.15) is 5.10 Å². The third kappa shape index (κ3) is 7.67. The molecule has 0 aliphatic carbocycles.